The van der Waals surface area contributed by atoms with Crippen molar-refractivity contribution in [3.63, 3.8) is 0 Å². The van der Waals surface area contributed by atoms with Crippen LogP contribution in [0.4, 0.5) is 10.1 Å². The predicted molar refractivity (Wildman–Crippen MR) is 77.2 cm³/mol. The largest absolute Gasteiger partial charge is 0.321 e. The molecule has 1 aromatic carbocycles. The standard InChI is InChI=1S/C14H9BrFN3O/c15-12-7-17-13-6-5-9(8-19(12)13)18-14(20)10-3-1-2-4-11(10)16/h1-8H,(H,18,20). The van der Waals surface area contributed by atoms with E-state index in [0.29, 0.717) is 5.69 Å². The molecule has 2 heterocycles. The van der Waals surface area contributed by atoms with Crippen LogP contribution in [0.1, 0.15) is 10.4 Å². The van der Waals surface area contributed by atoms with Gasteiger partial charge in [-0.3, -0.25) is 9.20 Å². The van der Waals surface area contributed by atoms with E-state index < -0.39 is 11.7 Å². The number of hydrogen-bond acceptors (Lipinski definition) is 2. The number of nitrogens with zero attached hydrogens (tertiary/aromatic N) is 2. The molecule has 0 spiro atoms. The highest BCUT2D eigenvalue weighted by molar-refractivity contribution is 9.10. The molecule has 20 heavy (non-hydrogen) atoms. The van der Waals surface area contributed by atoms with E-state index in [2.05, 4.69) is 26.2 Å². The Balaban J connectivity index is 1.91. The van der Waals surface area contributed by atoms with E-state index in [1.54, 1.807) is 41.1 Å². The number of hydrogen-bond donors (Lipinski definition) is 1. The van der Waals surface area contributed by atoms with Gasteiger partial charge in [-0.25, -0.2) is 9.37 Å². The zero-order chi connectivity index (χ0) is 14.1. The lowest BCUT2D eigenvalue weighted by Gasteiger charge is -2.07. The van der Waals surface area contributed by atoms with E-state index in [9.17, 15) is 9.18 Å². The summed E-state index contributed by atoms with van der Waals surface area (Å²) in [6.07, 6.45) is 3.38. The van der Waals surface area contributed by atoms with Crippen molar-refractivity contribution in [2.45, 2.75) is 0 Å². The number of fused-ring (bicyclic) bond motifs is 1. The van der Waals surface area contributed by atoms with Gasteiger partial charge in [0.1, 0.15) is 16.1 Å². The van der Waals surface area contributed by atoms with Gasteiger partial charge in [-0.05, 0) is 40.2 Å². The number of benzene rings is 1. The lowest BCUT2D eigenvalue weighted by molar-refractivity contribution is 0.102. The number of imidazole rings is 1. The highest BCUT2D eigenvalue weighted by Gasteiger charge is 2.11. The fourth-order valence-electron chi connectivity index (χ4n) is 1.87. The van der Waals surface area contributed by atoms with Gasteiger partial charge in [0.25, 0.3) is 5.91 Å². The molecular weight excluding hydrogens is 325 g/mol. The number of nitrogens with one attached hydrogen (secondary N) is 1. The molecule has 2 aromatic heterocycles. The first-order valence-electron chi connectivity index (χ1n) is 5.83. The normalized spacial score (nSPS) is 10.7. The molecule has 0 radical (unpaired) electrons. The minimum Gasteiger partial charge on any atom is -0.321 e. The van der Waals surface area contributed by atoms with Crippen molar-refractivity contribution in [2.24, 2.45) is 0 Å². The lowest BCUT2D eigenvalue weighted by Crippen LogP contribution is -2.14. The summed E-state index contributed by atoms with van der Waals surface area (Å²) in [5.41, 5.74) is 1.32. The maximum atomic E-state index is 13.5. The van der Waals surface area contributed by atoms with E-state index in [1.165, 1.54) is 12.1 Å². The van der Waals surface area contributed by atoms with E-state index in [4.69, 9.17) is 0 Å². The van der Waals surface area contributed by atoms with Gasteiger partial charge in [0.05, 0.1) is 17.4 Å². The van der Waals surface area contributed by atoms with Crippen molar-refractivity contribution in [3.05, 3.63) is 64.8 Å². The smallest absolute Gasteiger partial charge is 0.258 e. The number of halogens is 2. The van der Waals surface area contributed by atoms with Gasteiger partial charge in [-0.1, -0.05) is 12.1 Å². The SMILES string of the molecule is O=C(Nc1ccc2ncc(Br)n2c1)c1ccccc1F. The van der Waals surface area contributed by atoms with Crippen LogP contribution in [-0.2, 0) is 0 Å². The maximum absolute atomic E-state index is 13.5. The van der Waals surface area contributed by atoms with E-state index in [0.717, 1.165) is 10.3 Å². The lowest BCUT2D eigenvalue weighted by atomic mass is 10.2. The van der Waals surface area contributed by atoms with Gasteiger partial charge >= 0.3 is 0 Å². The quantitative estimate of drug-likeness (QED) is 0.780. The summed E-state index contributed by atoms with van der Waals surface area (Å²) < 4.78 is 16.1. The Kier molecular flexibility index (Phi) is 3.23. The van der Waals surface area contributed by atoms with Crippen LogP contribution in [0.3, 0.4) is 0 Å². The van der Waals surface area contributed by atoms with Crippen molar-refractivity contribution in [3.8, 4) is 0 Å². The molecule has 0 bridgehead atoms. The first-order valence-corrected chi connectivity index (χ1v) is 6.63. The third kappa shape index (κ3) is 2.30. The Labute approximate surface area is 122 Å². The highest BCUT2D eigenvalue weighted by Crippen LogP contribution is 2.17. The summed E-state index contributed by atoms with van der Waals surface area (Å²) in [5.74, 6) is -1.03. The van der Waals surface area contributed by atoms with Crippen molar-refractivity contribution >= 4 is 33.2 Å². The average Bonchev–Trinajstić information content (AvgIpc) is 2.81. The summed E-state index contributed by atoms with van der Waals surface area (Å²) in [7, 11) is 0. The Morgan fingerprint density at radius 1 is 1.25 bits per heavy atom. The van der Waals surface area contributed by atoms with Gasteiger partial charge < -0.3 is 5.32 Å². The number of amides is 1. The average molecular weight is 334 g/mol. The third-order valence-corrected chi connectivity index (χ3v) is 3.42. The number of pyridine rings is 1. The first-order chi connectivity index (χ1) is 9.65. The molecule has 100 valence electrons. The Hall–Kier alpha value is -2.21. The number of anilines is 1. The maximum Gasteiger partial charge on any atom is 0.258 e. The molecule has 3 rings (SSSR count). The molecule has 1 amide bonds. The Morgan fingerprint density at radius 2 is 2.05 bits per heavy atom. The second kappa shape index (κ2) is 5.05. The molecular formula is C14H9BrFN3O. The highest BCUT2D eigenvalue weighted by atomic mass is 79.9. The summed E-state index contributed by atoms with van der Waals surface area (Å²) in [4.78, 5) is 16.2. The molecule has 4 nitrogen and oxygen atoms in total. The zero-order valence-corrected chi connectivity index (χ0v) is 11.8. The minimum atomic E-state index is -0.546. The second-order valence-corrected chi connectivity index (χ2v) is 4.97. The van der Waals surface area contributed by atoms with E-state index >= 15 is 0 Å². The molecule has 0 saturated carbocycles. The molecule has 0 aliphatic heterocycles. The van der Waals surface area contributed by atoms with Gasteiger partial charge in [-0.2, -0.15) is 0 Å². The van der Waals surface area contributed by atoms with Crippen LogP contribution >= 0.6 is 15.9 Å². The van der Waals surface area contributed by atoms with Crippen LogP contribution in [0.5, 0.6) is 0 Å². The monoisotopic (exact) mass is 333 g/mol. The summed E-state index contributed by atoms with van der Waals surface area (Å²) in [6.45, 7) is 0. The van der Waals surface area contributed by atoms with Crippen LogP contribution in [0.15, 0.2) is 53.4 Å². The molecule has 0 fully saturated rings. The van der Waals surface area contributed by atoms with Gasteiger partial charge in [0.15, 0.2) is 0 Å². The molecule has 0 saturated heterocycles. The molecule has 0 atom stereocenters. The summed E-state index contributed by atoms with van der Waals surface area (Å²) in [6, 6.07) is 9.34. The second-order valence-electron chi connectivity index (χ2n) is 4.16. The first kappa shape index (κ1) is 12.8. The predicted octanol–water partition coefficient (Wildman–Crippen LogP) is 3.49. The van der Waals surface area contributed by atoms with Crippen LogP contribution < -0.4 is 5.32 Å². The van der Waals surface area contributed by atoms with Crippen molar-refractivity contribution in [2.75, 3.05) is 5.32 Å². The minimum absolute atomic E-state index is 0.0114. The molecule has 0 aliphatic rings. The fraction of sp³-hybridized carbons (Fsp3) is 0. The third-order valence-electron chi connectivity index (χ3n) is 2.84. The number of carbonyl (C=O) groups is 1. The van der Waals surface area contributed by atoms with Crippen molar-refractivity contribution in [1.82, 2.24) is 9.38 Å². The number of carbonyl (C=O) groups excluding carboxylic acids is 1. The van der Waals surface area contributed by atoms with Crippen molar-refractivity contribution < 1.29 is 9.18 Å². The molecule has 6 heteroatoms. The van der Waals surface area contributed by atoms with Gasteiger partial charge in [0, 0.05) is 6.20 Å². The van der Waals surface area contributed by atoms with Crippen molar-refractivity contribution in [1.29, 1.82) is 0 Å². The number of aromatic nitrogens is 2. The molecule has 0 aliphatic carbocycles. The van der Waals surface area contributed by atoms with Gasteiger partial charge in [-0.15, -0.1) is 0 Å². The van der Waals surface area contributed by atoms with Crippen LogP contribution in [0.2, 0.25) is 0 Å². The van der Waals surface area contributed by atoms with Crippen LogP contribution in [-0.4, -0.2) is 15.3 Å². The Morgan fingerprint density at radius 3 is 2.85 bits per heavy atom. The van der Waals surface area contributed by atoms with Gasteiger partial charge in [0.2, 0.25) is 0 Å². The van der Waals surface area contributed by atoms with Crippen LogP contribution in [0, 0.1) is 5.82 Å². The zero-order valence-electron chi connectivity index (χ0n) is 10.2. The van der Waals surface area contributed by atoms with Crippen LogP contribution in [0.25, 0.3) is 5.65 Å². The number of rotatable bonds is 2. The summed E-state index contributed by atoms with van der Waals surface area (Å²) >= 11 is 3.35. The fourth-order valence-corrected chi connectivity index (χ4v) is 2.25. The topological polar surface area (TPSA) is 46.4 Å². The molecule has 3 aromatic rings. The van der Waals surface area contributed by atoms with E-state index in [1.807, 2.05) is 0 Å². The molecule has 0 unspecified atom stereocenters. The molecule has 1 N–H and O–H groups in total. The summed E-state index contributed by atoms with van der Waals surface area (Å²) in [5, 5.41) is 2.66. The van der Waals surface area contributed by atoms with E-state index in [-0.39, 0.29) is 5.56 Å². The Bertz CT molecular complexity index is 800.